The van der Waals surface area contributed by atoms with Crippen LogP contribution >= 0.6 is 15.9 Å². The van der Waals surface area contributed by atoms with Gasteiger partial charge in [0.15, 0.2) is 0 Å². The Balaban J connectivity index is 2.44. The molecule has 0 aromatic heterocycles. The summed E-state index contributed by atoms with van der Waals surface area (Å²) in [4.78, 5) is 0. The van der Waals surface area contributed by atoms with Crippen LogP contribution in [0, 0.1) is 0 Å². The zero-order valence-electron chi connectivity index (χ0n) is 10.8. The van der Waals surface area contributed by atoms with Gasteiger partial charge in [-0.15, -0.1) is 0 Å². The molecule has 96 valence electrons. The van der Waals surface area contributed by atoms with E-state index in [0.717, 1.165) is 36.3 Å². The molecule has 0 saturated carbocycles. The summed E-state index contributed by atoms with van der Waals surface area (Å²) in [5.74, 6) is 0.934. The third-order valence-corrected chi connectivity index (χ3v) is 3.11. The summed E-state index contributed by atoms with van der Waals surface area (Å²) in [7, 11) is 0. The van der Waals surface area contributed by atoms with Crippen LogP contribution < -0.4 is 10.1 Å². The minimum Gasteiger partial charge on any atom is -0.492 e. The van der Waals surface area contributed by atoms with E-state index in [1.54, 1.807) is 0 Å². The minimum absolute atomic E-state index is 0.771. The lowest BCUT2D eigenvalue weighted by molar-refractivity contribution is 0.315. The van der Waals surface area contributed by atoms with Crippen molar-refractivity contribution in [1.82, 2.24) is 5.32 Å². The maximum Gasteiger partial charge on any atom is 0.133 e. The molecule has 0 fully saturated rings. The van der Waals surface area contributed by atoms with Crippen LogP contribution in [0.1, 0.15) is 38.7 Å². The van der Waals surface area contributed by atoms with E-state index in [2.05, 4.69) is 47.2 Å². The predicted octanol–water partition coefficient (Wildman–Crippen LogP) is 4.13. The summed E-state index contributed by atoms with van der Waals surface area (Å²) in [5, 5.41) is 3.43. The van der Waals surface area contributed by atoms with E-state index in [4.69, 9.17) is 4.74 Å². The summed E-state index contributed by atoms with van der Waals surface area (Å²) in [6.45, 7) is 7.10. The van der Waals surface area contributed by atoms with E-state index < -0.39 is 0 Å². The molecule has 17 heavy (non-hydrogen) atoms. The average molecular weight is 300 g/mol. The van der Waals surface area contributed by atoms with Gasteiger partial charge in [-0.05, 0) is 53.0 Å². The van der Waals surface area contributed by atoms with E-state index in [1.807, 2.05) is 6.07 Å². The zero-order valence-corrected chi connectivity index (χ0v) is 12.3. The first-order chi connectivity index (χ1) is 8.27. The molecule has 3 heteroatoms. The molecule has 1 aromatic carbocycles. The fourth-order valence-corrected chi connectivity index (χ4v) is 2.06. The Hall–Kier alpha value is -0.540. The molecule has 0 bridgehead atoms. The molecule has 1 aromatic rings. The Kier molecular flexibility index (Phi) is 7.29. The first-order valence-electron chi connectivity index (χ1n) is 6.39. The minimum atomic E-state index is 0.771. The fraction of sp³-hybridized carbons (Fsp3) is 0.571. The van der Waals surface area contributed by atoms with Gasteiger partial charge < -0.3 is 10.1 Å². The highest BCUT2D eigenvalue weighted by atomic mass is 79.9. The molecule has 0 unspecified atom stereocenters. The molecule has 1 rings (SSSR count). The van der Waals surface area contributed by atoms with Crippen molar-refractivity contribution in [2.45, 2.75) is 39.7 Å². The van der Waals surface area contributed by atoms with Crippen LogP contribution in [0.2, 0.25) is 0 Å². The van der Waals surface area contributed by atoms with E-state index in [0.29, 0.717) is 0 Å². The topological polar surface area (TPSA) is 21.3 Å². The summed E-state index contributed by atoms with van der Waals surface area (Å²) in [5.41, 5.74) is 1.29. The van der Waals surface area contributed by atoms with Gasteiger partial charge in [0.05, 0.1) is 11.1 Å². The molecule has 0 heterocycles. The van der Waals surface area contributed by atoms with Crippen molar-refractivity contribution in [2.24, 2.45) is 0 Å². The lowest BCUT2D eigenvalue weighted by atomic mass is 10.2. The van der Waals surface area contributed by atoms with E-state index in [1.165, 1.54) is 18.4 Å². The van der Waals surface area contributed by atoms with Crippen LogP contribution in [0.3, 0.4) is 0 Å². The summed E-state index contributed by atoms with van der Waals surface area (Å²) < 4.78 is 6.66. The Bertz CT molecular complexity index is 328. The van der Waals surface area contributed by atoms with Crippen molar-refractivity contribution in [3.8, 4) is 5.75 Å². The summed E-state index contributed by atoms with van der Waals surface area (Å²) in [6, 6.07) is 6.29. The van der Waals surface area contributed by atoms with Crippen molar-refractivity contribution >= 4 is 15.9 Å². The van der Waals surface area contributed by atoms with Crippen molar-refractivity contribution in [1.29, 1.82) is 0 Å². The lowest BCUT2D eigenvalue weighted by Gasteiger charge is -2.09. The number of benzene rings is 1. The average Bonchev–Trinajstić information content (AvgIpc) is 2.34. The third kappa shape index (κ3) is 5.55. The Morgan fingerprint density at radius 2 is 2.06 bits per heavy atom. The second kappa shape index (κ2) is 8.54. The predicted molar refractivity (Wildman–Crippen MR) is 76.5 cm³/mol. The van der Waals surface area contributed by atoms with Crippen LogP contribution in [-0.4, -0.2) is 13.2 Å². The van der Waals surface area contributed by atoms with Crippen molar-refractivity contribution in [2.75, 3.05) is 13.2 Å². The molecule has 0 atom stereocenters. The normalized spacial score (nSPS) is 10.5. The highest BCUT2D eigenvalue weighted by Crippen LogP contribution is 2.26. The van der Waals surface area contributed by atoms with Gasteiger partial charge in [0, 0.05) is 6.54 Å². The largest absolute Gasteiger partial charge is 0.492 e. The van der Waals surface area contributed by atoms with E-state index >= 15 is 0 Å². The fourth-order valence-electron chi connectivity index (χ4n) is 1.52. The summed E-state index contributed by atoms with van der Waals surface area (Å²) in [6.07, 6.45) is 3.51. The molecule has 0 saturated heterocycles. The quantitative estimate of drug-likeness (QED) is 0.729. The molecule has 1 N–H and O–H groups in total. The first-order valence-corrected chi connectivity index (χ1v) is 7.19. The van der Waals surface area contributed by atoms with Gasteiger partial charge in [-0.2, -0.15) is 0 Å². The van der Waals surface area contributed by atoms with Gasteiger partial charge >= 0.3 is 0 Å². The molecule has 0 radical (unpaired) electrons. The van der Waals surface area contributed by atoms with Crippen molar-refractivity contribution in [3.05, 3.63) is 28.2 Å². The lowest BCUT2D eigenvalue weighted by Crippen LogP contribution is -2.14. The van der Waals surface area contributed by atoms with Gasteiger partial charge in [0.25, 0.3) is 0 Å². The van der Waals surface area contributed by atoms with Crippen LogP contribution in [0.25, 0.3) is 0 Å². The van der Waals surface area contributed by atoms with Gasteiger partial charge in [-0.25, -0.2) is 0 Å². The number of halogens is 1. The molecular formula is C14H22BrNO. The first kappa shape index (κ1) is 14.5. The zero-order chi connectivity index (χ0) is 12.5. The molecule has 0 aliphatic heterocycles. The number of nitrogens with one attached hydrogen (secondary N) is 1. The highest BCUT2D eigenvalue weighted by Gasteiger charge is 2.02. The highest BCUT2D eigenvalue weighted by molar-refractivity contribution is 9.10. The molecule has 0 aliphatic rings. The smallest absolute Gasteiger partial charge is 0.133 e. The number of unbranched alkanes of at least 4 members (excludes halogenated alkanes) is 1. The van der Waals surface area contributed by atoms with Gasteiger partial charge in [-0.3, -0.25) is 0 Å². The molecular weight excluding hydrogens is 278 g/mol. The van der Waals surface area contributed by atoms with Crippen molar-refractivity contribution < 1.29 is 4.74 Å². The van der Waals surface area contributed by atoms with Gasteiger partial charge in [0.2, 0.25) is 0 Å². The Morgan fingerprint density at radius 1 is 1.24 bits per heavy atom. The van der Waals surface area contributed by atoms with Crippen LogP contribution in [0.5, 0.6) is 5.75 Å². The number of ether oxygens (including phenoxy) is 1. The number of hydrogen-bond donors (Lipinski definition) is 1. The van der Waals surface area contributed by atoms with Crippen LogP contribution in [-0.2, 0) is 6.54 Å². The Morgan fingerprint density at radius 3 is 2.71 bits per heavy atom. The van der Waals surface area contributed by atoms with Crippen molar-refractivity contribution in [3.63, 3.8) is 0 Å². The number of hydrogen-bond acceptors (Lipinski definition) is 2. The summed E-state index contributed by atoms with van der Waals surface area (Å²) >= 11 is 3.55. The third-order valence-electron chi connectivity index (χ3n) is 2.49. The van der Waals surface area contributed by atoms with Crippen LogP contribution in [0.4, 0.5) is 0 Å². The molecule has 0 aliphatic carbocycles. The monoisotopic (exact) mass is 299 g/mol. The second-order valence-electron chi connectivity index (χ2n) is 4.14. The SMILES string of the molecule is CCCCNCc1ccc(OCCC)c(Br)c1. The second-order valence-corrected chi connectivity index (χ2v) is 5.00. The number of rotatable bonds is 8. The molecule has 0 amide bonds. The standard InChI is InChI=1S/C14H22BrNO/c1-3-5-8-16-11-12-6-7-14(13(15)10-12)17-9-4-2/h6-7,10,16H,3-5,8-9,11H2,1-2H3. The van der Waals surface area contributed by atoms with Crippen LogP contribution in [0.15, 0.2) is 22.7 Å². The molecule has 0 spiro atoms. The van der Waals surface area contributed by atoms with Gasteiger partial charge in [-0.1, -0.05) is 26.3 Å². The van der Waals surface area contributed by atoms with E-state index in [-0.39, 0.29) is 0 Å². The van der Waals surface area contributed by atoms with E-state index in [9.17, 15) is 0 Å². The Labute approximate surface area is 113 Å². The maximum atomic E-state index is 5.62. The van der Waals surface area contributed by atoms with Gasteiger partial charge in [0.1, 0.15) is 5.75 Å². The maximum absolute atomic E-state index is 5.62. The molecule has 2 nitrogen and oxygen atoms in total.